The number of allylic oxidation sites excluding steroid dienone is 2. The van der Waals surface area contributed by atoms with Crippen LogP contribution in [-0.4, -0.2) is 66.9 Å². The van der Waals surface area contributed by atoms with Gasteiger partial charge in [-0.05, 0) is 60.6 Å². The van der Waals surface area contributed by atoms with Crippen LogP contribution in [0.3, 0.4) is 0 Å². The molecule has 7 rings (SSSR count). The van der Waals surface area contributed by atoms with Gasteiger partial charge in [0, 0.05) is 74.7 Å². The molecule has 0 radical (unpaired) electrons. The van der Waals surface area contributed by atoms with Gasteiger partial charge in [0.25, 0.3) is 0 Å². The molecule has 1 aliphatic carbocycles. The normalized spacial score (nSPS) is 18.6. The molecule has 3 aromatic heterocycles. The van der Waals surface area contributed by atoms with Gasteiger partial charge in [-0.2, -0.15) is 0 Å². The number of hydrogen-bond acceptors (Lipinski definition) is 4. The van der Waals surface area contributed by atoms with Crippen LogP contribution in [-0.2, 0) is 17.9 Å². The first-order valence-corrected chi connectivity index (χ1v) is 13.7. The molecule has 0 spiro atoms. The van der Waals surface area contributed by atoms with Crippen molar-refractivity contribution < 1.29 is 19.1 Å². The predicted octanol–water partition coefficient (Wildman–Crippen LogP) is 4.34. The molecule has 0 atom stereocenters. The zero-order valence-corrected chi connectivity index (χ0v) is 21.6. The molecule has 0 bridgehead atoms. The Morgan fingerprint density at radius 1 is 1.08 bits per heavy atom. The van der Waals surface area contributed by atoms with Gasteiger partial charge >= 0.3 is 6.03 Å². The maximum atomic E-state index is 15.1. The lowest BCUT2D eigenvalue weighted by Crippen LogP contribution is -2.47. The molecule has 0 saturated carbocycles. The molecule has 1 saturated heterocycles. The number of fused-ring (bicyclic) bond motifs is 1. The van der Waals surface area contributed by atoms with Crippen LogP contribution >= 0.6 is 0 Å². The Morgan fingerprint density at radius 3 is 2.74 bits per heavy atom. The summed E-state index contributed by atoms with van der Waals surface area (Å²) >= 11 is 0. The van der Waals surface area contributed by atoms with Crippen molar-refractivity contribution in [1.82, 2.24) is 23.8 Å². The second kappa shape index (κ2) is 9.34. The highest BCUT2D eigenvalue weighted by Gasteiger charge is 2.32. The maximum Gasteiger partial charge on any atom is 0.320 e. The van der Waals surface area contributed by atoms with Crippen molar-refractivity contribution in [2.24, 2.45) is 5.92 Å². The summed E-state index contributed by atoms with van der Waals surface area (Å²) in [6, 6.07) is 8.80. The van der Waals surface area contributed by atoms with Crippen LogP contribution < -0.4 is 0 Å². The average molecular weight is 528 g/mol. The van der Waals surface area contributed by atoms with Crippen molar-refractivity contribution in [1.29, 1.82) is 0 Å². The third kappa shape index (κ3) is 3.95. The average Bonchev–Trinajstić information content (AvgIpc) is 3.61. The molecule has 2 amide bonds. The Labute approximate surface area is 224 Å². The third-order valence-corrected chi connectivity index (χ3v) is 8.58. The quantitative estimate of drug-likeness (QED) is 0.430. The van der Waals surface area contributed by atoms with E-state index in [1.807, 2.05) is 44.8 Å². The Morgan fingerprint density at radius 2 is 1.92 bits per heavy atom. The van der Waals surface area contributed by atoms with Gasteiger partial charge in [-0.3, -0.25) is 9.20 Å². The first-order chi connectivity index (χ1) is 19.0. The molecule has 1 N–H and O–H groups in total. The van der Waals surface area contributed by atoms with Gasteiger partial charge in [-0.15, -0.1) is 0 Å². The first-order valence-electron chi connectivity index (χ1n) is 13.7. The number of aromatic nitrogens is 3. The van der Waals surface area contributed by atoms with Crippen LogP contribution in [0.15, 0.2) is 48.9 Å². The van der Waals surface area contributed by atoms with Gasteiger partial charge in [0.15, 0.2) is 5.78 Å². The highest BCUT2D eigenvalue weighted by atomic mass is 19.1. The number of pyridine rings is 1. The number of aliphatic hydroxyl groups is 1. The van der Waals surface area contributed by atoms with Gasteiger partial charge in [-0.1, -0.05) is 6.07 Å². The molecular weight excluding hydrogens is 497 g/mol. The van der Waals surface area contributed by atoms with Gasteiger partial charge < -0.3 is 19.5 Å². The number of amides is 2. The van der Waals surface area contributed by atoms with Crippen LogP contribution in [0.1, 0.15) is 42.5 Å². The third-order valence-electron chi connectivity index (χ3n) is 8.58. The summed E-state index contributed by atoms with van der Waals surface area (Å²) in [5.74, 6) is -0.0275. The summed E-state index contributed by atoms with van der Waals surface area (Å²) in [6.45, 7) is 2.84. The molecule has 2 aliphatic heterocycles. The van der Waals surface area contributed by atoms with Crippen LogP contribution in [0, 0.1) is 11.7 Å². The molecule has 4 aromatic rings. The van der Waals surface area contributed by atoms with Crippen molar-refractivity contribution in [3.05, 3.63) is 71.6 Å². The highest BCUT2D eigenvalue weighted by Crippen LogP contribution is 2.42. The summed E-state index contributed by atoms with van der Waals surface area (Å²) < 4.78 is 19.1. The minimum absolute atomic E-state index is 0.0335. The van der Waals surface area contributed by atoms with Crippen LogP contribution in [0.4, 0.5) is 9.18 Å². The second-order valence-corrected chi connectivity index (χ2v) is 10.9. The van der Waals surface area contributed by atoms with E-state index in [1.165, 1.54) is 6.07 Å². The molecule has 5 heterocycles. The number of carbonyl (C=O) groups excluding carboxylic acids is 2. The van der Waals surface area contributed by atoms with E-state index in [0.717, 1.165) is 51.8 Å². The van der Waals surface area contributed by atoms with E-state index in [9.17, 15) is 14.7 Å². The van der Waals surface area contributed by atoms with E-state index in [-0.39, 0.29) is 30.2 Å². The van der Waals surface area contributed by atoms with E-state index >= 15 is 4.39 Å². The number of aliphatic hydroxyl groups excluding tert-OH is 1. The number of hydrogen-bond donors (Lipinski definition) is 1. The number of carbonyl (C=O) groups is 2. The lowest BCUT2D eigenvalue weighted by molar-refractivity contribution is -0.113. The number of benzene rings is 1. The predicted molar refractivity (Wildman–Crippen MR) is 145 cm³/mol. The number of likely N-dealkylation sites (tertiary alicyclic amines) is 1. The molecule has 1 aromatic carbocycles. The second-order valence-electron chi connectivity index (χ2n) is 10.9. The number of rotatable bonds is 3. The van der Waals surface area contributed by atoms with Crippen molar-refractivity contribution in [2.75, 3.05) is 26.2 Å². The van der Waals surface area contributed by atoms with Gasteiger partial charge in [-0.25, -0.2) is 14.2 Å². The summed E-state index contributed by atoms with van der Waals surface area (Å²) in [5, 5.41) is 10.2. The number of piperidine rings is 1. The summed E-state index contributed by atoms with van der Waals surface area (Å²) in [7, 11) is 0. The van der Waals surface area contributed by atoms with Crippen LogP contribution in [0.2, 0.25) is 0 Å². The number of imidazole rings is 1. The fraction of sp³-hybridized carbons (Fsp3) is 0.367. The topological polar surface area (TPSA) is 83.1 Å². The van der Waals surface area contributed by atoms with Crippen LogP contribution in [0.25, 0.3) is 27.7 Å². The molecular formula is C30H30FN5O3. The lowest BCUT2D eigenvalue weighted by Gasteiger charge is -2.35. The molecule has 39 heavy (non-hydrogen) atoms. The first kappa shape index (κ1) is 24.1. The maximum absolute atomic E-state index is 15.1. The number of urea groups is 1. The molecule has 1 fully saturated rings. The van der Waals surface area contributed by atoms with E-state index in [0.29, 0.717) is 51.1 Å². The number of Topliss-reactive ketones (excluding diaryl/α,β-unsaturated/α-hetero) is 1. The molecule has 200 valence electrons. The number of halogens is 1. The van der Waals surface area contributed by atoms with E-state index in [2.05, 4.69) is 9.55 Å². The fourth-order valence-corrected chi connectivity index (χ4v) is 6.55. The van der Waals surface area contributed by atoms with Crippen LogP contribution in [0.5, 0.6) is 0 Å². The van der Waals surface area contributed by atoms with E-state index in [1.54, 1.807) is 12.3 Å². The minimum atomic E-state index is -0.351. The minimum Gasteiger partial charge on any atom is -0.396 e. The molecule has 3 aliphatic rings. The molecule has 8 nitrogen and oxygen atoms in total. The summed E-state index contributed by atoms with van der Waals surface area (Å²) in [5.41, 5.74) is 5.68. The van der Waals surface area contributed by atoms with Gasteiger partial charge in [0.05, 0.1) is 17.4 Å². The van der Waals surface area contributed by atoms with Gasteiger partial charge in [0.2, 0.25) is 0 Å². The van der Waals surface area contributed by atoms with Crippen molar-refractivity contribution in [3.8, 4) is 0 Å². The Balaban J connectivity index is 1.28. The van der Waals surface area contributed by atoms with E-state index in [4.69, 9.17) is 0 Å². The highest BCUT2D eigenvalue weighted by molar-refractivity contribution is 6.31. The van der Waals surface area contributed by atoms with E-state index < -0.39 is 0 Å². The SMILES string of the molecule is O=C1CCC(c2cn3c4c(cc(F)cc24)CN(C(=O)N2CCC(CO)CC2)CC3)=C1c1cnc2ccccn12. The standard InChI is InChI=1S/C30H30FN5O3/c31-21-13-20-16-35(30(39)33-9-6-19(18-37)7-10-33)12-11-34-17-24(23(14-21)29(20)34)22-4-5-26(38)28(22)25-15-32-27-3-1-2-8-36(25)27/h1-3,8,13-15,17,19,37H,4-7,9-12,16,18H2. The largest absolute Gasteiger partial charge is 0.396 e. The zero-order chi connectivity index (χ0) is 26.7. The smallest absolute Gasteiger partial charge is 0.320 e. The summed E-state index contributed by atoms with van der Waals surface area (Å²) in [4.78, 5) is 34.7. The Hall–Kier alpha value is -3.98. The zero-order valence-electron chi connectivity index (χ0n) is 21.6. The lowest BCUT2D eigenvalue weighted by atomic mass is 9.98. The summed E-state index contributed by atoms with van der Waals surface area (Å²) in [6.07, 6.45) is 8.28. The Bertz CT molecular complexity index is 1660. The fourth-order valence-electron chi connectivity index (χ4n) is 6.55. The monoisotopic (exact) mass is 527 g/mol. The number of ketones is 1. The van der Waals surface area contributed by atoms with Crippen molar-refractivity contribution >= 4 is 39.5 Å². The van der Waals surface area contributed by atoms with Crippen molar-refractivity contribution in [2.45, 2.75) is 38.8 Å². The molecule has 9 heteroatoms. The van der Waals surface area contributed by atoms with Crippen molar-refractivity contribution in [3.63, 3.8) is 0 Å². The number of nitrogens with zero attached hydrogens (tertiary/aromatic N) is 5. The molecule has 0 unspecified atom stereocenters. The Kier molecular flexibility index (Phi) is 5.77. The van der Waals surface area contributed by atoms with Gasteiger partial charge in [0.1, 0.15) is 11.5 Å².